The molecule has 0 aliphatic rings. The first-order chi connectivity index (χ1) is 14.4. The monoisotopic (exact) mass is 408 g/mol. The number of aryl methyl sites for hydroxylation is 1. The number of carbonyl (C=O) groups excluding carboxylic acids is 1. The maximum atomic E-state index is 13.0. The Hall–Kier alpha value is -3.25. The number of ether oxygens (including phenoxy) is 2. The molecule has 5 nitrogen and oxygen atoms in total. The molecule has 0 saturated heterocycles. The van der Waals surface area contributed by atoms with Crippen molar-refractivity contribution in [3.05, 3.63) is 83.4 Å². The summed E-state index contributed by atoms with van der Waals surface area (Å²) in [5, 5.41) is 2.87. The standard InChI is InChI=1S/C24H25FN2O3/c1-4-29-16(2)15-20-9-14-23(17(3)26-20)24(28)27-19-7-12-22(13-8-19)30-21-10-5-18(25)6-11-21/h5-14,16H,4,15H2,1-3H3,(H,27,28). The normalized spacial score (nSPS) is 11.7. The Labute approximate surface area is 175 Å². The third-order valence-electron chi connectivity index (χ3n) is 4.50. The second-order valence-electron chi connectivity index (χ2n) is 6.94. The molecule has 0 spiro atoms. The molecule has 3 aromatic rings. The summed E-state index contributed by atoms with van der Waals surface area (Å²) >= 11 is 0. The summed E-state index contributed by atoms with van der Waals surface area (Å²) in [6, 6.07) is 16.4. The molecule has 0 aliphatic carbocycles. The van der Waals surface area contributed by atoms with E-state index in [2.05, 4.69) is 10.3 Å². The van der Waals surface area contributed by atoms with Gasteiger partial charge in [0.1, 0.15) is 17.3 Å². The van der Waals surface area contributed by atoms with Crippen molar-refractivity contribution in [2.45, 2.75) is 33.3 Å². The first-order valence-corrected chi connectivity index (χ1v) is 9.87. The maximum absolute atomic E-state index is 13.0. The number of amides is 1. The molecule has 0 radical (unpaired) electrons. The van der Waals surface area contributed by atoms with Crippen molar-refractivity contribution in [2.75, 3.05) is 11.9 Å². The molecule has 3 rings (SSSR count). The zero-order valence-corrected chi connectivity index (χ0v) is 17.3. The number of halogens is 1. The number of aromatic nitrogens is 1. The Kier molecular flexibility index (Phi) is 7.14. The van der Waals surface area contributed by atoms with Crippen molar-refractivity contribution in [1.82, 2.24) is 4.98 Å². The first-order valence-electron chi connectivity index (χ1n) is 9.87. The number of pyridine rings is 1. The van der Waals surface area contributed by atoms with Gasteiger partial charge in [0.25, 0.3) is 5.91 Å². The van der Waals surface area contributed by atoms with Crippen molar-refractivity contribution in [3.8, 4) is 11.5 Å². The highest BCUT2D eigenvalue weighted by molar-refractivity contribution is 6.05. The van der Waals surface area contributed by atoms with E-state index in [9.17, 15) is 9.18 Å². The number of nitrogens with zero attached hydrogens (tertiary/aromatic N) is 1. The Morgan fingerprint density at radius 2 is 1.67 bits per heavy atom. The molecule has 0 fully saturated rings. The minimum Gasteiger partial charge on any atom is -0.457 e. The number of hydrogen-bond acceptors (Lipinski definition) is 4. The van der Waals surface area contributed by atoms with Gasteiger partial charge in [-0.2, -0.15) is 0 Å². The van der Waals surface area contributed by atoms with Gasteiger partial charge in [0, 0.05) is 24.4 Å². The Balaban J connectivity index is 1.62. The van der Waals surface area contributed by atoms with Gasteiger partial charge in [-0.1, -0.05) is 0 Å². The molecule has 156 valence electrons. The fourth-order valence-electron chi connectivity index (χ4n) is 3.05. The smallest absolute Gasteiger partial charge is 0.257 e. The van der Waals surface area contributed by atoms with E-state index in [1.54, 1.807) is 42.5 Å². The van der Waals surface area contributed by atoms with Crippen LogP contribution in [0.15, 0.2) is 60.7 Å². The highest BCUT2D eigenvalue weighted by Gasteiger charge is 2.13. The molecule has 1 amide bonds. The van der Waals surface area contributed by atoms with Crippen molar-refractivity contribution >= 4 is 11.6 Å². The average molecular weight is 408 g/mol. The summed E-state index contributed by atoms with van der Waals surface area (Å²) in [5.74, 6) is 0.581. The fraction of sp³-hybridized carbons (Fsp3) is 0.250. The molecule has 1 unspecified atom stereocenters. The molecular weight excluding hydrogens is 383 g/mol. The molecular formula is C24H25FN2O3. The van der Waals surface area contributed by atoms with Crippen molar-refractivity contribution in [2.24, 2.45) is 0 Å². The molecule has 1 aromatic heterocycles. The van der Waals surface area contributed by atoms with Crippen LogP contribution in [0.25, 0.3) is 0 Å². The van der Waals surface area contributed by atoms with Crippen LogP contribution in [0.5, 0.6) is 11.5 Å². The molecule has 2 aromatic carbocycles. The van der Waals surface area contributed by atoms with E-state index in [-0.39, 0.29) is 17.8 Å². The first kappa shape index (κ1) is 21.5. The van der Waals surface area contributed by atoms with E-state index in [1.807, 2.05) is 26.8 Å². The summed E-state index contributed by atoms with van der Waals surface area (Å²) in [5.41, 5.74) is 2.73. The van der Waals surface area contributed by atoms with Crippen LogP contribution < -0.4 is 10.1 Å². The summed E-state index contributed by atoms with van der Waals surface area (Å²) in [6.07, 6.45) is 0.781. The largest absolute Gasteiger partial charge is 0.457 e. The third-order valence-corrected chi connectivity index (χ3v) is 4.50. The fourth-order valence-corrected chi connectivity index (χ4v) is 3.05. The number of hydrogen-bond donors (Lipinski definition) is 1. The minimum atomic E-state index is -0.318. The lowest BCUT2D eigenvalue weighted by atomic mass is 10.1. The quantitative estimate of drug-likeness (QED) is 0.532. The van der Waals surface area contributed by atoms with Crippen LogP contribution in [0.3, 0.4) is 0 Å². The molecule has 1 N–H and O–H groups in total. The highest BCUT2D eigenvalue weighted by Crippen LogP contribution is 2.23. The molecule has 1 heterocycles. The molecule has 0 aliphatic heterocycles. The number of nitrogens with one attached hydrogen (secondary N) is 1. The van der Waals surface area contributed by atoms with Gasteiger partial charge in [0.15, 0.2) is 0 Å². The lowest BCUT2D eigenvalue weighted by Gasteiger charge is -2.13. The van der Waals surface area contributed by atoms with Crippen LogP contribution >= 0.6 is 0 Å². The summed E-state index contributed by atoms with van der Waals surface area (Å²) in [6.45, 7) is 6.45. The Morgan fingerprint density at radius 1 is 1.03 bits per heavy atom. The van der Waals surface area contributed by atoms with Gasteiger partial charge >= 0.3 is 0 Å². The topological polar surface area (TPSA) is 60.5 Å². The zero-order valence-electron chi connectivity index (χ0n) is 17.3. The van der Waals surface area contributed by atoms with Gasteiger partial charge in [-0.15, -0.1) is 0 Å². The van der Waals surface area contributed by atoms with E-state index in [0.29, 0.717) is 41.5 Å². The summed E-state index contributed by atoms with van der Waals surface area (Å²) < 4.78 is 24.2. The summed E-state index contributed by atoms with van der Waals surface area (Å²) in [4.78, 5) is 17.2. The SMILES string of the molecule is CCOC(C)Cc1ccc(C(=O)Nc2ccc(Oc3ccc(F)cc3)cc2)c(C)n1. The average Bonchev–Trinajstić information content (AvgIpc) is 2.71. The predicted octanol–water partition coefficient (Wildman–Crippen LogP) is 5.54. The molecule has 0 saturated carbocycles. The minimum absolute atomic E-state index is 0.0808. The van der Waals surface area contributed by atoms with Gasteiger partial charge in [0.2, 0.25) is 0 Å². The van der Waals surface area contributed by atoms with Crippen LogP contribution in [0.1, 0.15) is 35.6 Å². The van der Waals surface area contributed by atoms with Gasteiger partial charge < -0.3 is 14.8 Å². The highest BCUT2D eigenvalue weighted by atomic mass is 19.1. The van der Waals surface area contributed by atoms with Crippen LogP contribution in [0.2, 0.25) is 0 Å². The van der Waals surface area contributed by atoms with Gasteiger partial charge in [-0.05, 0) is 81.4 Å². The van der Waals surface area contributed by atoms with E-state index in [4.69, 9.17) is 9.47 Å². The predicted molar refractivity (Wildman–Crippen MR) is 115 cm³/mol. The van der Waals surface area contributed by atoms with Gasteiger partial charge in [-0.25, -0.2) is 4.39 Å². The number of carbonyl (C=O) groups is 1. The molecule has 30 heavy (non-hydrogen) atoms. The van der Waals surface area contributed by atoms with E-state index in [1.165, 1.54) is 12.1 Å². The van der Waals surface area contributed by atoms with Gasteiger partial charge in [0.05, 0.1) is 17.4 Å². The Morgan fingerprint density at radius 3 is 2.27 bits per heavy atom. The zero-order chi connectivity index (χ0) is 21.5. The second-order valence-corrected chi connectivity index (χ2v) is 6.94. The van der Waals surface area contributed by atoms with Gasteiger partial charge in [-0.3, -0.25) is 9.78 Å². The van der Waals surface area contributed by atoms with Crippen LogP contribution in [0, 0.1) is 12.7 Å². The van der Waals surface area contributed by atoms with Crippen LogP contribution in [-0.2, 0) is 11.2 Å². The Bertz CT molecular complexity index is 988. The molecule has 1 atom stereocenters. The van der Waals surface area contributed by atoms with Crippen LogP contribution in [0.4, 0.5) is 10.1 Å². The lowest BCUT2D eigenvalue weighted by Crippen LogP contribution is -2.16. The van der Waals surface area contributed by atoms with Crippen LogP contribution in [-0.4, -0.2) is 23.6 Å². The molecule has 6 heteroatoms. The molecule has 0 bridgehead atoms. The summed E-state index contributed by atoms with van der Waals surface area (Å²) in [7, 11) is 0. The number of anilines is 1. The second kappa shape index (κ2) is 9.98. The van der Waals surface area contributed by atoms with E-state index < -0.39 is 0 Å². The number of benzene rings is 2. The lowest BCUT2D eigenvalue weighted by molar-refractivity contribution is 0.0761. The van der Waals surface area contributed by atoms with E-state index >= 15 is 0 Å². The van der Waals surface area contributed by atoms with E-state index in [0.717, 1.165) is 5.69 Å². The van der Waals surface area contributed by atoms with Crippen molar-refractivity contribution in [3.63, 3.8) is 0 Å². The van der Waals surface area contributed by atoms with Crippen molar-refractivity contribution < 1.29 is 18.7 Å². The maximum Gasteiger partial charge on any atom is 0.257 e. The third kappa shape index (κ3) is 5.87. The number of rotatable bonds is 8. The van der Waals surface area contributed by atoms with Crippen molar-refractivity contribution in [1.29, 1.82) is 0 Å².